The van der Waals surface area contributed by atoms with Crippen molar-refractivity contribution in [2.45, 2.75) is 12.8 Å². The van der Waals surface area contributed by atoms with Gasteiger partial charge < -0.3 is 20.5 Å². The van der Waals surface area contributed by atoms with Crippen molar-refractivity contribution < 1.29 is 14.6 Å². The zero-order valence-corrected chi connectivity index (χ0v) is 13.5. The fourth-order valence-corrected chi connectivity index (χ4v) is 2.98. The summed E-state index contributed by atoms with van der Waals surface area (Å²) in [4.78, 5) is 13.3. The van der Waals surface area contributed by atoms with Crippen LogP contribution in [0.2, 0.25) is 0 Å². The van der Waals surface area contributed by atoms with Crippen LogP contribution in [0.5, 0.6) is 5.75 Å². The van der Waals surface area contributed by atoms with Crippen molar-refractivity contribution in [2.75, 3.05) is 30.3 Å². The number of hydrogen-bond donors (Lipinski definition) is 2. The van der Waals surface area contributed by atoms with Gasteiger partial charge in [0.1, 0.15) is 5.75 Å². The molecular formula is C19H22N2O3. The first-order valence-electron chi connectivity index (χ1n) is 8.18. The van der Waals surface area contributed by atoms with E-state index < -0.39 is 5.97 Å². The van der Waals surface area contributed by atoms with Gasteiger partial charge in [-0.25, -0.2) is 4.79 Å². The quantitative estimate of drug-likeness (QED) is 0.825. The van der Waals surface area contributed by atoms with Gasteiger partial charge in [-0.2, -0.15) is 0 Å². The van der Waals surface area contributed by atoms with E-state index in [2.05, 4.69) is 17.0 Å². The molecule has 2 aromatic carbocycles. The maximum atomic E-state index is 11.0. The van der Waals surface area contributed by atoms with Crippen LogP contribution in [0.25, 0.3) is 0 Å². The number of aromatic carboxylic acids is 1. The van der Waals surface area contributed by atoms with Crippen LogP contribution in [0.1, 0.15) is 23.2 Å². The molecule has 126 valence electrons. The lowest BCUT2D eigenvalue weighted by Gasteiger charge is -2.33. The second kappa shape index (κ2) is 7.25. The molecule has 1 saturated heterocycles. The zero-order valence-electron chi connectivity index (χ0n) is 13.5. The third kappa shape index (κ3) is 3.98. The molecule has 1 aliphatic rings. The molecule has 0 aromatic heterocycles. The molecule has 24 heavy (non-hydrogen) atoms. The third-order valence-electron chi connectivity index (χ3n) is 4.44. The highest BCUT2D eigenvalue weighted by molar-refractivity contribution is 5.88. The third-order valence-corrected chi connectivity index (χ3v) is 4.44. The molecule has 0 amide bonds. The molecule has 0 bridgehead atoms. The van der Waals surface area contributed by atoms with E-state index in [0.717, 1.165) is 31.6 Å². The van der Waals surface area contributed by atoms with Crippen molar-refractivity contribution in [2.24, 2.45) is 5.92 Å². The SMILES string of the molecule is Nc1ccc(N2CCC(COc3cccc(C(=O)O)c3)CC2)cc1. The van der Waals surface area contributed by atoms with Gasteiger partial charge in [-0.15, -0.1) is 0 Å². The maximum absolute atomic E-state index is 11.0. The Hall–Kier alpha value is -2.69. The Morgan fingerprint density at radius 2 is 1.88 bits per heavy atom. The molecule has 0 spiro atoms. The second-order valence-corrected chi connectivity index (χ2v) is 6.17. The van der Waals surface area contributed by atoms with E-state index in [1.54, 1.807) is 24.3 Å². The van der Waals surface area contributed by atoms with Gasteiger partial charge in [-0.1, -0.05) is 6.07 Å². The standard InChI is InChI=1S/C19H22N2O3/c20-16-4-6-17(7-5-16)21-10-8-14(9-11-21)13-24-18-3-1-2-15(12-18)19(22)23/h1-7,12,14H,8-11,13,20H2,(H,22,23). The van der Waals surface area contributed by atoms with Gasteiger partial charge in [0.25, 0.3) is 0 Å². The Morgan fingerprint density at radius 1 is 1.17 bits per heavy atom. The Balaban J connectivity index is 1.50. The van der Waals surface area contributed by atoms with E-state index >= 15 is 0 Å². The minimum Gasteiger partial charge on any atom is -0.493 e. The van der Waals surface area contributed by atoms with Crippen molar-refractivity contribution in [1.29, 1.82) is 0 Å². The van der Waals surface area contributed by atoms with Crippen LogP contribution in [-0.2, 0) is 0 Å². The first-order chi connectivity index (χ1) is 11.6. The summed E-state index contributed by atoms with van der Waals surface area (Å²) in [6.45, 7) is 2.61. The minimum absolute atomic E-state index is 0.255. The maximum Gasteiger partial charge on any atom is 0.335 e. The van der Waals surface area contributed by atoms with Gasteiger partial charge in [-0.05, 0) is 61.2 Å². The van der Waals surface area contributed by atoms with Gasteiger partial charge in [0.15, 0.2) is 0 Å². The lowest BCUT2D eigenvalue weighted by atomic mass is 9.97. The predicted molar refractivity (Wildman–Crippen MR) is 94.7 cm³/mol. The van der Waals surface area contributed by atoms with Gasteiger partial charge in [0.05, 0.1) is 12.2 Å². The number of rotatable bonds is 5. The number of carboxylic acids is 1. The summed E-state index contributed by atoms with van der Waals surface area (Å²) in [6.07, 6.45) is 2.12. The Bertz CT molecular complexity index is 692. The molecule has 1 heterocycles. The predicted octanol–water partition coefficient (Wildman–Crippen LogP) is 3.26. The van der Waals surface area contributed by atoms with Crippen molar-refractivity contribution in [3.8, 4) is 5.75 Å². The van der Waals surface area contributed by atoms with Gasteiger partial charge in [0, 0.05) is 24.5 Å². The summed E-state index contributed by atoms with van der Waals surface area (Å²) >= 11 is 0. The van der Waals surface area contributed by atoms with Gasteiger partial charge in [0.2, 0.25) is 0 Å². The number of benzene rings is 2. The van der Waals surface area contributed by atoms with Crippen LogP contribution in [0.4, 0.5) is 11.4 Å². The van der Waals surface area contributed by atoms with Crippen LogP contribution < -0.4 is 15.4 Å². The van der Waals surface area contributed by atoms with Crippen molar-refractivity contribution in [3.05, 3.63) is 54.1 Å². The largest absolute Gasteiger partial charge is 0.493 e. The number of ether oxygens (including phenoxy) is 1. The molecule has 0 saturated carbocycles. The topological polar surface area (TPSA) is 75.8 Å². The average Bonchev–Trinajstić information content (AvgIpc) is 2.61. The molecule has 0 unspecified atom stereocenters. The average molecular weight is 326 g/mol. The van der Waals surface area contributed by atoms with E-state index in [0.29, 0.717) is 18.3 Å². The molecule has 5 nitrogen and oxygen atoms in total. The smallest absolute Gasteiger partial charge is 0.335 e. The van der Waals surface area contributed by atoms with E-state index in [-0.39, 0.29) is 5.56 Å². The van der Waals surface area contributed by atoms with Crippen LogP contribution in [0.3, 0.4) is 0 Å². The Labute approximate surface area is 141 Å². The van der Waals surface area contributed by atoms with E-state index in [9.17, 15) is 4.79 Å². The first-order valence-corrected chi connectivity index (χ1v) is 8.18. The van der Waals surface area contributed by atoms with Gasteiger partial charge in [-0.3, -0.25) is 0 Å². The fraction of sp³-hybridized carbons (Fsp3) is 0.316. The van der Waals surface area contributed by atoms with Crippen LogP contribution in [-0.4, -0.2) is 30.8 Å². The minimum atomic E-state index is -0.933. The molecule has 1 fully saturated rings. The number of carboxylic acid groups (broad SMARTS) is 1. The number of nitrogen functional groups attached to an aromatic ring is 1. The number of carbonyl (C=O) groups is 1. The summed E-state index contributed by atoms with van der Waals surface area (Å²) in [5, 5.41) is 9.01. The molecule has 5 heteroatoms. The van der Waals surface area contributed by atoms with Crippen LogP contribution in [0, 0.1) is 5.92 Å². The first kappa shape index (κ1) is 16.2. The van der Waals surface area contributed by atoms with Crippen molar-refractivity contribution in [1.82, 2.24) is 0 Å². The van der Waals surface area contributed by atoms with E-state index in [1.807, 2.05) is 12.1 Å². The molecule has 0 radical (unpaired) electrons. The lowest BCUT2D eigenvalue weighted by Crippen LogP contribution is -2.35. The number of nitrogens with two attached hydrogens (primary N) is 1. The fourth-order valence-electron chi connectivity index (χ4n) is 2.98. The van der Waals surface area contributed by atoms with Crippen molar-refractivity contribution in [3.63, 3.8) is 0 Å². The number of nitrogens with zero attached hydrogens (tertiary/aromatic N) is 1. The molecule has 0 atom stereocenters. The lowest BCUT2D eigenvalue weighted by molar-refractivity contribution is 0.0696. The summed E-state index contributed by atoms with van der Waals surface area (Å²) in [6, 6.07) is 14.6. The molecule has 0 aliphatic carbocycles. The highest BCUT2D eigenvalue weighted by atomic mass is 16.5. The molecular weight excluding hydrogens is 304 g/mol. The van der Waals surface area contributed by atoms with Crippen molar-refractivity contribution >= 4 is 17.3 Å². The number of anilines is 2. The Morgan fingerprint density at radius 3 is 2.54 bits per heavy atom. The number of hydrogen-bond acceptors (Lipinski definition) is 4. The highest BCUT2D eigenvalue weighted by Gasteiger charge is 2.20. The van der Waals surface area contributed by atoms with Gasteiger partial charge >= 0.3 is 5.97 Å². The summed E-state index contributed by atoms with van der Waals surface area (Å²) in [5.41, 5.74) is 7.98. The van der Waals surface area contributed by atoms with E-state index in [1.165, 1.54) is 5.69 Å². The Kier molecular flexibility index (Phi) is 4.89. The van der Waals surface area contributed by atoms with Crippen LogP contribution >= 0.6 is 0 Å². The molecule has 3 rings (SSSR count). The molecule has 1 aliphatic heterocycles. The summed E-state index contributed by atoms with van der Waals surface area (Å²) < 4.78 is 5.79. The van der Waals surface area contributed by atoms with Crippen LogP contribution in [0.15, 0.2) is 48.5 Å². The summed E-state index contributed by atoms with van der Waals surface area (Å²) in [7, 11) is 0. The zero-order chi connectivity index (χ0) is 16.9. The monoisotopic (exact) mass is 326 g/mol. The molecule has 3 N–H and O–H groups in total. The second-order valence-electron chi connectivity index (χ2n) is 6.17. The summed E-state index contributed by atoms with van der Waals surface area (Å²) in [5.74, 6) is 0.177. The normalized spacial score (nSPS) is 15.2. The highest BCUT2D eigenvalue weighted by Crippen LogP contribution is 2.25. The van der Waals surface area contributed by atoms with E-state index in [4.69, 9.17) is 15.6 Å². The number of piperidine rings is 1. The molecule has 2 aromatic rings.